The molecule has 0 radical (unpaired) electrons. The summed E-state index contributed by atoms with van der Waals surface area (Å²) in [4.78, 5) is 36.2. The number of amides is 2. The molecule has 0 spiro atoms. The van der Waals surface area contributed by atoms with Crippen LogP contribution in [-0.2, 0) is 14.3 Å². The van der Waals surface area contributed by atoms with Gasteiger partial charge in [0.2, 0.25) is 5.91 Å². The van der Waals surface area contributed by atoms with Gasteiger partial charge in [-0.15, -0.1) is 0 Å². The highest BCUT2D eigenvalue weighted by molar-refractivity contribution is 5.91. The number of carboxylic acid groups (broad SMARTS) is 1. The van der Waals surface area contributed by atoms with Crippen molar-refractivity contribution in [2.24, 2.45) is 5.92 Å². The number of rotatable bonds is 9. The van der Waals surface area contributed by atoms with Crippen LogP contribution in [-0.4, -0.2) is 41.8 Å². The van der Waals surface area contributed by atoms with Crippen molar-refractivity contribution in [2.75, 3.05) is 13.2 Å². The topological polar surface area (TPSA) is 105 Å². The average Bonchev–Trinajstić information content (AvgIpc) is 3.08. The van der Waals surface area contributed by atoms with Crippen molar-refractivity contribution in [2.45, 2.75) is 50.5 Å². The van der Waals surface area contributed by atoms with Gasteiger partial charge >= 0.3 is 12.1 Å². The molecule has 1 fully saturated rings. The lowest BCUT2D eigenvalue weighted by Gasteiger charge is -2.40. The number of benzene rings is 2. The number of aliphatic carboxylic acids is 1. The van der Waals surface area contributed by atoms with Crippen molar-refractivity contribution < 1.29 is 24.2 Å². The molecule has 2 aliphatic rings. The number of fused-ring (bicyclic) bond motifs is 3. The van der Waals surface area contributed by atoms with E-state index in [9.17, 15) is 14.4 Å². The van der Waals surface area contributed by atoms with Crippen LogP contribution < -0.4 is 10.6 Å². The molecule has 1 saturated carbocycles. The zero-order chi connectivity index (χ0) is 23.4. The molecule has 1 unspecified atom stereocenters. The molecule has 0 aromatic heterocycles. The Morgan fingerprint density at radius 2 is 1.67 bits per heavy atom. The van der Waals surface area contributed by atoms with E-state index in [0.29, 0.717) is 25.8 Å². The summed E-state index contributed by atoms with van der Waals surface area (Å²) in [5.74, 6) is -1.15. The lowest BCUT2D eigenvalue weighted by atomic mass is 9.76. The van der Waals surface area contributed by atoms with Gasteiger partial charge in [-0.05, 0) is 53.9 Å². The molecule has 7 nitrogen and oxygen atoms in total. The molecule has 0 heterocycles. The van der Waals surface area contributed by atoms with E-state index < -0.39 is 17.6 Å². The van der Waals surface area contributed by atoms with Crippen LogP contribution in [0.15, 0.2) is 48.5 Å². The maximum absolute atomic E-state index is 12.8. The Morgan fingerprint density at radius 1 is 1.06 bits per heavy atom. The van der Waals surface area contributed by atoms with Gasteiger partial charge in [-0.25, -0.2) is 4.79 Å². The second-order valence-electron chi connectivity index (χ2n) is 9.13. The predicted molar refractivity (Wildman–Crippen MR) is 124 cm³/mol. The van der Waals surface area contributed by atoms with E-state index in [1.165, 1.54) is 0 Å². The zero-order valence-corrected chi connectivity index (χ0v) is 18.8. The van der Waals surface area contributed by atoms with Crippen LogP contribution in [0.5, 0.6) is 0 Å². The molecule has 0 saturated heterocycles. The monoisotopic (exact) mass is 450 g/mol. The molecule has 2 aliphatic carbocycles. The highest BCUT2D eigenvalue weighted by Gasteiger charge is 2.46. The summed E-state index contributed by atoms with van der Waals surface area (Å²) in [7, 11) is 0. The van der Waals surface area contributed by atoms with Gasteiger partial charge in [0.1, 0.15) is 12.1 Å². The average molecular weight is 451 g/mol. The molecule has 7 heteroatoms. The Bertz CT molecular complexity index is 1000. The highest BCUT2D eigenvalue weighted by atomic mass is 16.5. The van der Waals surface area contributed by atoms with Crippen LogP contribution >= 0.6 is 0 Å². The van der Waals surface area contributed by atoms with E-state index in [0.717, 1.165) is 28.7 Å². The Kier molecular flexibility index (Phi) is 6.67. The number of nitrogens with one attached hydrogen (secondary N) is 2. The van der Waals surface area contributed by atoms with E-state index in [2.05, 4.69) is 34.9 Å². The molecular weight excluding hydrogens is 420 g/mol. The SMILES string of the molecule is CC(CCNC(=O)C1(NC(=O)OCC2c3ccccc3-c3ccccc32)CCC1)CC(=O)O. The van der Waals surface area contributed by atoms with Crippen LogP contribution in [0.3, 0.4) is 0 Å². The van der Waals surface area contributed by atoms with E-state index in [1.54, 1.807) is 0 Å². The van der Waals surface area contributed by atoms with Crippen molar-refractivity contribution in [3.63, 3.8) is 0 Å². The van der Waals surface area contributed by atoms with Gasteiger partial charge < -0.3 is 20.5 Å². The van der Waals surface area contributed by atoms with Crippen LogP contribution in [0.25, 0.3) is 11.1 Å². The van der Waals surface area contributed by atoms with Crippen LogP contribution in [0, 0.1) is 5.92 Å². The third-order valence-electron chi connectivity index (χ3n) is 6.77. The van der Waals surface area contributed by atoms with E-state index in [-0.39, 0.29) is 30.8 Å². The first kappa shape index (κ1) is 22.8. The second-order valence-corrected chi connectivity index (χ2v) is 9.13. The first-order valence-corrected chi connectivity index (χ1v) is 11.5. The molecule has 33 heavy (non-hydrogen) atoms. The molecule has 3 N–H and O–H groups in total. The number of carbonyl (C=O) groups excluding carboxylic acids is 2. The summed E-state index contributed by atoms with van der Waals surface area (Å²) in [6, 6.07) is 16.3. The standard InChI is InChI=1S/C26H30N2O5/c1-17(15-23(29)30)11-14-27-24(31)26(12-6-13-26)28-25(32)33-16-22-20-9-4-2-7-18(20)19-8-3-5-10-21(19)22/h2-5,7-10,17,22H,6,11-16H2,1H3,(H,27,31)(H,28,32)(H,29,30). The lowest BCUT2D eigenvalue weighted by molar-refractivity contribution is -0.138. The fourth-order valence-corrected chi connectivity index (χ4v) is 4.77. The van der Waals surface area contributed by atoms with E-state index >= 15 is 0 Å². The fraction of sp³-hybridized carbons (Fsp3) is 0.423. The summed E-state index contributed by atoms with van der Waals surface area (Å²) in [5.41, 5.74) is 3.65. The molecule has 0 aliphatic heterocycles. The largest absolute Gasteiger partial charge is 0.481 e. The predicted octanol–water partition coefficient (Wildman–Crippen LogP) is 4.06. The minimum atomic E-state index is -0.946. The number of hydrogen-bond donors (Lipinski definition) is 3. The summed E-state index contributed by atoms with van der Waals surface area (Å²) >= 11 is 0. The second kappa shape index (κ2) is 9.65. The molecule has 2 amide bonds. The Hall–Kier alpha value is -3.35. The molecule has 4 rings (SSSR count). The van der Waals surface area contributed by atoms with Gasteiger partial charge in [0.05, 0.1) is 0 Å². The van der Waals surface area contributed by atoms with Gasteiger partial charge in [-0.2, -0.15) is 0 Å². The maximum atomic E-state index is 12.8. The lowest BCUT2D eigenvalue weighted by Crippen LogP contribution is -2.63. The maximum Gasteiger partial charge on any atom is 0.408 e. The molecule has 2 aromatic rings. The molecule has 0 bridgehead atoms. The number of carboxylic acids is 1. The molecule has 174 valence electrons. The Balaban J connectivity index is 1.33. The number of alkyl carbamates (subject to hydrolysis) is 1. The number of hydrogen-bond acceptors (Lipinski definition) is 4. The normalized spacial score (nSPS) is 16.6. The summed E-state index contributed by atoms with van der Waals surface area (Å²) in [6.45, 7) is 2.42. The Morgan fingerprint density at radius 3 is 2.21 bits per heavy atom. The van der Waals surface area contributed by atoms with Crippen molar-refractivity contribution in [1.82, 2.24) is 10.6 Å². The van der Waals surface area contributed by atoms with Crippen molar-refractivity contribution in [3.8, 4) is 11.1 Å². The minimum Gasteiger partial charge on any atom is -0.481 e. The van der Waals surface area contributed by atoms with Crippen LogP contribution in [0.1, 0.15) is 56.1 Å². The van der Waals surface area contributed by atoms with Gasteiger partial charge in [0.25, 0.3) is 0 Å². The van der Waals surface area contributed by atoms with Gasteiger partial charge in [0.15, 0.2) is 0 Å². The van der Waals surface area contributed by atoms with Crippen molar-refractivity contribution in [1.29, 1.82) is 0 Å². The van der Waals surface area contributed by atoms with Crippen molar-refractivity contribution >= 4 is 18.0 Å². The minimum absolute atomic E-state index is 0.0322. The van der Waals surface area contributed by atoms with Crippen molar-refractivity contribution in [3.05, 3.63) is 59.7 Å². The quantitative estimate of drug-likeness (QED) is 0.534. The molecule has 1 atom stereocenters. The smallest absolute Gasteiger partial charge is 0.408 e. The number of ether oxygens (including phenoxy) is 1. The van der Waals surface area contributed by atoms with Gasteiger partial charge in [-0.1, -0.05) is 55.5 Å². The van der Waals surface area contributed by atoms with Crippen LogP contribution in [0.2, 0.25) is 0 Å². The fourth-order valence-electron chi connectivity index (χ4n) is 4.77. The molecular formula is C26H30N2O5. The van der Waals surface area contributed by atoms with Gasteiger partial charge in [0, 0.05) is 18.9 Å². The number of carbonyl (C=O) groups is 3. The Labute approximate surface area is 193 Å². The van der Waals surface area contributed by atoms with Gasteiger partial charge in [-0.3, -0.25) is 9.59 Å². The third-order valence-corrected chi connectivity index (χ3v) is 6.77. The highest BCUT2D eigenvalue weighted by Crippen LogP contribution is 2.44. The van der Waals surface area contributed by atoms with E-state index in [1.807, 2.05) is 31.2 Å². The first-order chi connectivity index (χ1) is 15.9. The summed E-state index contributed by atoms with van der Waals surface area (Å²) < 4.78 is 5.61. The molecule has 2 aromatic carbocycles. The summed E-state index contributed by atoms with van der Waals surface area (Å²) in [5, 5.41) is 14.5. The first-order valence-electron chi connectivity index (χ1n) is 11.5. The van der Waals surface area contributed by atoms with Crippen LogP contribution in [0.4, 0.5) is 4.79 Å². The van der Waals surface area contributed by atoms with E-state index in [4.69, 9.17) is 9.84 Å². The summed E-state index contributed by atoms with van der Waals surface area (Å²) in [6.07, 6.45) is 2.03. The third kappa shape index (κ3) is 4.87. The zero-order valence-electron chi connectivity index (χ0n) is 18.8.